The lowest BCUT2D eigenvalue weighted by atomic mass is 10.1. The van der Waals surface area contributed by atoms with Crippen LogP contribution in [0.5, 0.6) is 0 Å². The number of aliphatic hydroxyl groups excluding tert-OH is 1. The highest BCUT2D eigenvalue weighted by molar-refractivity contribution is 6.31. The van der Waals surface area contributed by atoms with Crippen molar-refractivity contribution in [2.45, 2.75) is 13.0 Å². The zero-order valence-corrected chi connectivity index (χ0v) is 10.8. The molecule has 2 rings (SSSR count). The Kier molecular flexibility index (Phi) is 4.26. The van der Waals surface area contributed by atoms with Crippen molar-refractivity contribution in [3.05, 3.63) is 28.8 Å². The number of methoxy groups -OCH3 is 1. The number of rotatable bonds is 4. The quantitative estimate of drug-likeness (QED) is 0.896. The number of benzene rings is 1. The zero-order chi connectivity index (χ0) is 12.3. The van der Waals surface area contributed by atoms with Gasteiger partial charge in [0.25, 0.3) is 0 Å². The first-order valence-electron chi connectivity index (χ1n) is 5.88. The van der Waals surface area contributed by atoms with Crippen LogP contribution in [0.2, 0.25) is 5.02 Å². The van der Waals surface area contributed by atoms with E-state index < -0.39 is 0 Å². The van der Waals surface area contributed by atoms with E-state index in [1.165, 1.54) is 0 Å². The highest BCUT2D eigenvalue weighted by Gasteiger charge is 2.24. The third-order valence-electron chi connectivity index (χ3n) is 3.28. The fourth-order valence-electron chi connectivity index (χ4n) is 2.42. The minimum absolute atomic E-state index is 0.0134. The van der Waals surface area contributed by atoms with Crippen molar-refractivity contribution < 1.29 is 9.84 Å². The smallest absolute Gasteiger partial charge is 0.0716 e. The van der Waals surface area contributed by atoms with Crippen LogP contribution in [0.15, 0.2) is 18.2 Å². The van der Waals surface area contributed by atoms with Gasteiger partial charge >= 0.3 is 0 Å². The Morgan fingerprint density at radius 1 is 1.53 bits per heavy atom. The van der Waals surface area contributed by atoms with Crippen LogP contribution in [0.25, 0.3) is 0 Å². The first-order valence-corrected chi connectivity index (χ1v) is 6.26. The van der Waals surface area contributed by atoms with Crippen LogP contribution in [0.1, 0.15) is 12.0 Å². The standard InChI is InChI=1S/C13H18ClNO2/c1-17-9-10-5-6-15(7-10)13-4-2-3-12(14)11(13)8-16/h2-4,10,16H,5-9H2,1H3. The minimum atomic E-state index is -0.0134. The van der Waals surface area contributed by atoms with Crippen molar-refractivity contribution in [1.29, 1.82) is 0 Å². The Labute approximate surface area is 107 Å². The highest BCUT2D eigenvalue weighted by atomic mass is 35.5. The summed E-state index contributed by atoms with van der Waals surface area (Å²) in [5.41, 5.74) is 1.88. The van der Waals surface area contributed by atoms with Crippen molar-refractivity contribution in [1.82, 2.24) is 0 Å². The summed E-state index contributed by atoms with van der Waals surface area (Å²) < 4.78 is 5.19. The van der Waals surface area contributed by atoms with Crippen LogP contribution in [0, 0.1) is 5.92 Å². The van der Waals surface area contributed by atoms with E-state index >= 15 is 0 Å². The molecule has 0 aliphatic carbocycles. The largest absolute Gasteiger partial charge is 0.392 e. The van der Waals surface area contributed by atoms with E-state index in [4.69, 9.17) is 16.3 Å². The molecule has 1 aliphatic heterocycles. The maximum atomic E-state index is 9.39. The monoisotopic (exact) mass is 255 g/mol. The second-order valence-corrected chi connectivity index (χ2v) is 4.86. The van der Waals surface area contributed by atoms with Gasteiger partial charge in [-0.05, 0) is 18.6 Å². The van der Waals surface area contributed by atoms with Crippen molar-refractivity contribution in [3.63, 3.8) is 0 Å². The van der Waals surface area contributed by atoms with Gasteiger partial charge in [0.2, 0.25) is 0 Å². The van der Waals surface area contributed by atoms with Crippen LogP contribution in [0.3, 0.4) is 0 Å². The van der Waals surface area contributed by atoms with Gasteiger partial charge in [-0.1, -0.05) is 17.7 Å². The fourth-order valence-corrected chi connectivity index (χ4v) is 2.65. The summed E-state index contributed by atoms with van der Waals surface area (Å²) in [7, 11) is 1.74. The second kappa shape index (κ2) is 5.71. The highest BCUT2D eigenvalue weighted by Crippen LogP contribution is 2.31. The number of hydrogen-bond acceptors (Lipinski definition) is 3. The van der Waals surface area contributed by atoms with Gasteiger partial charge in [0, 0.05) is 42.4 Å². The molecule has 0 saturated carbocycles. The van der Waals surface area contributed by atoms with Crippen LogP contribution in [-0.4, -0.2) is 31.9 Å². The van der Waals surface area contributed by atoms with E-state index in [1.807, 2.05) is 18.2 Å². The maximum absolute atomic E-state index is 9.39. The van der Waals surface area contributed by atoms with Gasteiger partial charge < -0.3 is 14.7 Å². The maximum Gasteiger partial charge on any atom is 0.0716 e. The number of hydrogen-bond donors (Lipinski definition) is 1. The number of anilines is 1. The molecule has 0 aromatic heterocycles. The number of aliphatic hydroxyl groups is 1. The molecular formula is C13H18ClNO2. The third kappa shape index (κ3) is 2.73. The van der Waals surface area contributed by atoms with E-state index in [1.54, 1.807) is 7.11 Å². The molecule has 3 nitrogen and oxygen atoms in total. The van der Waals surface area contributed by atoms with Crippen LogP contribution in [0.4, 0.5) is 5.69 Å². The van der Waals surface area contributed by atoms with Crippen molar-refractivity contribution >= 4 is 17.3 Å². The molecule has 1 heterocycles. The molecule has 17 heavy (non-hydrogen) atoms. The Morgan fingerprint density at radius 3 is 3.06 bits per heavy atom. The average Bonchev–Trinajstić information content (AvgIpc) is 2.78. The molecule has 0 amide bonds. The molecule has 1 aromatic carbocycles. The van der Waals surface area contributed by atoms with Crippen molar-refractivity contribution in [2.24, 2.45) is 5.92 Å². The lowest BCUT2D eigenvalue weighted by molar-refractivity contribution is 0.161. The summed E-state index contributed by atoms with van der Waals surface area (Å²) in [6, 6.07) is 5.77. The number of halogens is 1. The summed E-state index contributed by atoms with van der Waals surface area (Å²) in [4.78, 5) is 2.28. The molecule has 1 N–H and O–H groups in total. The van der Waals surface area contributed by atoms with Gasteiger partial charge in [-0.25, -0.2) is 0 Å². The normalized spacial score (nSPS) is 19.9. The SMILES string of the molecule is COCC1CCN(c2cccc(Cl)c2CO)C1. The average molecular weight is 256 g/mol. The second-order valence-electron chi connectivity index (χ2n) is 4.45. The first-order chi connectivity index (χ1) is 8.26. The number of ether oxygens (including phenoxy) is 1. The van der Waals surface area contributed by atoms with E-state index in [0.717, 1.165) is 37.4 Å². The molecule has 1 aromatic rings. The molecule has 1 fully saturated rings. The van der Waals surface area contributed by atoms with Gasteiger partial charge in [-0.2, -0.15) is 0 Å². The summed E-state index contributed by atoms with van der Waals surface area (Å²) >= 11 is 6.09. The molecule has 4 heteroatoms. The number of nitrogens with zero attached hydrogens (tertiary/aromatic N) is 1. The van der Waals surface area contributed by atoms with Gasteiger partial charge in [0.05, 0.1) is 13.2 Å². The van der Waals surface area contributed by atoms with Crippen LogP contribution >= 0.6 is 11.6 Å². The predicted molar refractivity (Wildman–Crippen MR) is 69.6 cm³/mol. The lowest BCUT2D eigenvalue weighted by Crippen LogP contribution is -2.22. The fraction of sp³-hybridized carbons (Fsp3) is 0.538. The van der Waals surface area contributed by atoms with Crippen LogP contribution in [-0.2, 0) is 11.3 Å². The van der Waals surface area contributed by atoms with Crippen molar-refractivity contribution in [2.75, 3.05) is 31.7 Å². The molecular weight excluding hydrogens is 238 g/mol. The summed E-state index contributed by atoms with van der Waals surface area (Å²) in [5.74, 6) is 0.575. The zero-order valence-electron chi connectivity index (χ0n) is 10.0. The van der Waals surface area contributed by atoms with Crippen molar-refractivity contribution in [3.8, 4) is 0 Å². The topological polar surface area (TPSA) is 32.7 Å². The van der Waals surface area contributed by atoms with Gasteiger partial charge in [-0.15, -0.1) is 0 Å². The van der Waals surface area contributed by atoms with Gasteiger partial charge in [-0.3, -0.25) is 0 Å². The lowest BCUT2D eigenvalue weighted by Gasteiger charge is -2.22. The molecule has 0 radical (unpaired) electrons. The Hall–Kier alpha value is -0.770. The molecule has 1 aliphatic rings. The summed E-state index contributed by atoms with van der Waals surface area (Å²) in [6.07, 6.45) is 1.13. The predicted octanol–water partition coefficient (Wildman–Crippen LogP) is 2.31. The van der Waals surface area contributed by atoms with Gasteiger partial charge in [0.1, 0.15) is 0 Å². The van der Waals surface area contributed by atoms with E-state index in [2.05, 4.69) is 4.90 Å². The molecule has 94 valence electrons. The van der Waals surface area contributed by atoms with Gasteiger partial charge in [0.15, 0.2) is 0 Å². The van der Waals surface area contributed by atoms with E-state index in [9.17, 15) is 5.11 Å². The molecule has 0 spiro atoms. The summed E-state index contributed by atoms with van der Waals surface area (Å²) in [6.45, 7) is 2.76. The Bertz CT molecular complexity index is 384. The summed E-state index contributed by atoms with van der Waals surface area (Å²) in [5, 5.41) is 10.0. The van der Waals surface area contributed by atoms with E-state index in [0.29, 0.717) is 10.9 Å². The van der Waals surface area contributed by atoms with E-state index in [-0.39, 0.29) is 6.61 Å². The molecule has 1 saturated heterocycles. The van der Waals surface area contributed by atoms with Crippen LogP contribution < -0.4 is 4.90 Å². The molecule has 1 unspecified atom stereocenters. The third-order valence-corrected chi connectivity index (χ3v) is 3.64. The molecule has 1 atom stereocenters. The Morgan fingerprint density at radius 2 is 2.35 bits per heavy atom. The molecule has 0 bridgehead atoms. The first kappa shape index (κ1) is 12.7. The Balaban J connectivity index is 2.15. The minimum Gasteiger partial charge on any atom is -0.392 e.